The summed E-state index contributed by atoms with van der Waals surface area (Å²) in [7, 11) is 0. The van der Waals surface area contributed by atoms with Crippen molar-refractivity contribution < 1.29 is 10.2 Å². The lowest BCUT2D eigenvalue weighted by Crippen LogP contribution is -2.20. The van der Waals surface area contributed by atoms with E-state index in [1.54, 1.807) is 6.07 Å². The minimum absolute atomic E-state index is 0.238. The maximum atomic E-state index is 9.72. The number of aliphatic hydroxyl groups is 2. The highest BCUT2D eigenvalue weighted by Gasteiger charge is 2.20. The van der Waals surface area contributed by atoms with Crippen molar-refractivity contribution in [3.8, 4) is 6.07 Å². The van der Waals surface area contributed by atoms with E-state index in [4.69, 9.17) is 16.9 Å². The molecule has 0 saturated heterocycles. The topological polar surface area (TPSA) is 64.2 Å². The van der Waals surface area contributed by atoms with Crippen LogP contribution in [0.15, 0.2) is 18.2 Å². The van der Waals surface area contributed by atoms with Crippen molar-refractivity contribution in [3.05, 3.63) is 34.3 Å². The van der Waals surface area contributed by atoms with Crippen LogP contribution >= 0.6 is 27.5 Å². The Kier molecular flexibility index (Phi) is 4.55. The molecule has 1 rings (SSSR count). The minimum atomic E-state index is -1.09. The number of alkyl halides is 1. The van der Waals surface area contributed by atoms with Crippen LogP contribution in [0.3, 0.4) is 0 Å². The van der Waals surface area contributed by atoms with Crippen LogP contribution in [0.1, 0.15) is 17.2 Å². The van der Waals surface area contributed by atoms with E-state index < -0.39 is 12.2 Å². The van der Waals surface area contributed by atoms with Crippen LogP contribution in [0.4, 0.5) is 0 Å². The molecule has 2 N–H and O–H groups in total. The van der Waals surface area contributed by atoms with Gasteiger partial charge in [-0.3, -0.25) is 0 Å². The van der Waals surface area contributed by atoms with Gasteiger partial charge in [-0.1, -0.05) is 33.6 Å². The molecule has 0 amide bonds. The molecule has 0 heterocycles. The molecule has 0 radical (unpaired) electrons. The summed E-state index contributed by atoms with van der Waals surface area (Å²) in [6.45, 7) is 0. The summed E-state index contributed by atoms with van der Waals surface area (Å²) in [5.41, 5.74) is 0.656. The molecule has 15 heavy (non-hydrogen) atoms. The molecule has 2 unspecified atom stereocenters. The maximum Gasteiger partial charge on any atom is 0.107 e. The van der Waals surface area contributed by atoms with Crippen LogP contribution < -0.4 is 0 Å². The first-order chi connectivity index (χ1) is 7.10. The Balaban J connectivity index is 3.09. The lowest BCUT2D eigenvalue weighted by molar-refractivity contribution is 0.0341. The number of benzene rings is 1. The second-order valence-electron chi connectivity index (χ2n) is 3.01. The summed E-state index contributed by atoms with van der Waals surface area (Å²) in [6.07, 6.45) is -2.03. The maximum absolute atomic E-state index is 9.72. The Labute approximate surface area is 101 Å². The third kappa shape index (κ3) is 2.93. The van der Waals surface area contributed by atoms with E-state index in [1.165, 1.54) is 12.1 Å². The van der Waals surface area contributed by atoms with Crippen LogP contribution in [0.5, 0.6) is 0 Å². The normalized spacial score (nSPS) is 14.3. The summed E-state index contributed by atoms with van der Waals surface area (Å²) >= 11 is 8.76. The highest BCUT2D eigenvalue weighted by molar-refractivity contribution is 9.09. The predicted octanol–water partition coefficient (Wildman–Crippen LogP) is 2.00. The van der Waals surface area contributed by atoms with Crippen LogP contribution in [0.2, 0.25) is 5.02 Å². The average Bonchev–Trinajstić information content (AvgIpc) is 2.26. The zero-order valence-electron chi connectivity index (χ0n) is 7.69. The zero-order valence-corrected chi connectivity index (χ0v) is 10.0. The second-order valence-corrected chi connectivity index (χ2v) is 4.09. The fourth-order valence-electron chi connectivity index (χ4n) is 1.17. The number of hydrogen-bond donors (Lipinski definition) is 2. The van der Waals surface area contributed by atoms with Gasteiger partial charge in [-0.25, -0.2) is 0 Å². The van der Waals surface area contributed by atoms with E-state index in [2.05, 4.69) is 15.9 Å². The smallest absolute Gasteiger partial charge is 0.107 e. The largest absolute Gasteiger partial charge is 0.389 e. The Bertz CT molecular complexity index is 391. The molecule has 0 bridgehead atoms. The monoisotopic (exact) mass is 289 g/mol. The molecule has 0 spiro atoms. The predicted molar refractivity (Wildman–Crippen MR) is 60.9 cm³/mol. The van der Waals surface area contributed by atoms with Gasteiger partial charge in [-0.15, -0.1) is 0 Å². The SMILES string of the molecule is N#Cc1cc(Cl)ccc1C(O)C(O)CBr. The van der Waals surface area contributed by atoms with E-state index >= 15 is 0 Å². The van der Waals surface area contributed by atoms with Crippen LogP contribution in [0.25, 0.3) is 0 Å². The fraction of sp³-hybridized carbons (Fsp3) is 0.300. The first-order valence-corrected chi connectivity index (χ1v) is 5.71. The van der Waals surface area contributed by atoms with Gasteiger partial charge >= 0.3 is 0 Å². The summed E-state index contributed by atoms with van der Waals surface area (Å²) in [6, 6.07) is 6.50. The summed E-state index contributed by atoms with van der Waals surface area (Å²) in [5.74, 6) is 0. The molecule has 0 aromatic heterocycles. The number of aliphatic hydroxyl groups excluding tert-OH is 2. The number of hydrogen-bond acceptors (Lipinski definition) is 3. The Hall–Kier alpha value is -0.600. The first-order valence-electron chi connectivity index (χ1n) is 4.21. The molecule has 2 atom stereocenters. The standard InChI is InChI=1S/C10H9BrClNO2/c11-4-9(14)10(15)8-2-1-7(12)3-6(8)5-13/h1-3,9-10,14-15H,4H2. The van der Waals surface area contributed by atoms with Gasteiger partial charge in [0.25, 0.3) is 0 Å². The molecule has 3 nitrogen and oxygen atoms in total. The van der Waals surface area contributed by atoms with Crippen molar-refractivity contribution in [1.82, 2.24) is 0 Å². The van der Waals surface area contributed by atoms with Gasteiger partial charge in [0.05, 0.1) is 17.7 Å². The van der Waals surface area contributed by atoms with Gasteiger partial charge in [0.2, 0.25) is 0 Å². The number of nitrogens with zero attached hydrogens (tertiary/aromatic N) is 1. The van der Waals surface area contributed by atoms with Gasteiger partial charge in [-0.2, -0.15) is 5.26 Å². The van der Waals surface area contributed by atoms with E-state index in [-0.39, 0.29) is 10.9 Å². The fourth-order valence-corrected chi connectivity index (χ4v) is 1.70. The quantitative estimate of drug-likeness (QED) is 0.837. The lowest BCUT2D eigenvalue weighted by Gasteiger charge is -2.16. The number of rotatable bonds is 3. The summed E-state index contributed by atoms with van der Waals surface area (Å²) in [5, 5.41) is 28.6. The van der Waals surface area contributed by atoms with Gasteiger partial charge in [0, 0.05) is 15.9 Å². The molecule has 5 heteroatoms. The lowest BCUT2D eigenvalue weighted by atomic mass is 10.0. The van der Waals surface area contributed by atoms with Crippen molar-refractivity contribution >= 4 is 27.5 Å². The molecule has 80 valence electrons. The van der Waals surface area contributed by atoms with Gasteiger partial charge in [0.1, 0.15) is 6.10 Å². The van der Waals surface area contributed by atoms with E-state index in [0.29, 0.717) is 10.6 Å². The van der Waals surface area contributed by atoms with Crippen molar-refractivity contribution in [2.45, 2.75) is 12.2 Å². The Morgan fingerprint density at radius 1 is 1.47 bits per heavy atom. The molecule has 0 saturated carbocycles. The molecule has 1 aromatic rings. The molecule has 0 aliphatic rings. The van der Waals surface area contributed by atoms with Gasteiger partial charge in [0.15, 0.2) is 0 Å². The number of halogens is 2. The van der Waals surface area contributed by atoms with E-state index in [1.807, 2.05) is 6.07 Å². The Morgan fingerprint density at radius 2 is 2.13 bits per heavy atom. The van der Waals surface area contributed by atoms with E-state index in [0.717, 1.165) is 0 Å². The molecule has 0 aliphatic carbocycles. The van der Waals surface area contributed by atoms with Crippen molar-refractivity contribution in [2.75, 3.05) is 5.33 Å². The Morgan fingerprint density at radius 3 is 2.67 bits per heavy atom. The van der Waals surface area contributed by atoms with E-state index in [9.17, 15) is 10.2 Å². The third-order valence-corrected chi connectivity index (χ3v) is 2.88. The molecule has 1 aromatic carbocycles. The molecule has 0 fully saturated rings. The second kappa shape index (κ2) is 5.47. The van der Waals surface area contributed by atoms with Crippen LogP contribution in [0, 0.1) is 11.3 Å². The zero-order chi connectivity index (χ0) is 11.4. The van der Waals surface area contributed by atoms with Crippen molar-refractivity contribution in [3.63, 3.8) is 0 Å². The number of nitriles is 1. The molecular formula is C10H9BrClNO2. The molecular weight excluding hydrogens is 281 g/mol. The summed E-state index contributed by atoms with van der Waals surface area (Å²) < 4.78 is 0. The van der Waals surface area contributed by atoms with Crippen molar-refractivity contribution in [1.29, 1.82) is 5.26 Å². The highest BCUT2D eigenvalue weighted by Crippen LogP contribution is 2.24. The minimum Gasteiger partial charge on any atom is -0.389 e. The van der Waals surface area contributed by atoms with Crippen LogP contribution in [-0.2, 0) is 0 Å². The summed E-state index contributed by atoms with van der Waals surface area (Å²) in [4.78, 5) is 0. The van der Waals surface area contributed by atoms with Gasteiger partial charge in [-0.05, 0) is 12.1 Å². The first kappa shape index (κ1) is 12.5. The average molecular weight is 291 g/mol. The van der Waals surface area contributed by atoms with Crippen molar-refractivity contribution in [2.24, 2.45) is 0 Å². The highest BCUT2D eigenvalue weighted by atomic mass is 79.9. The third-order valence-electron chi connectivity index (χ3n) is 1.98. The van der Waals surface area contributed by atoms with Gasteiger partial charge < -0.3 is 10.2 Å². The molecule has 0 aliphatic heterocycles. The van der Waals surface area contributed by atoms with Crippen LogP contribution in [-0.4, -0.2) is 21.6 Å².